The first kappa shape index (κ1) is 17.0. The monoisotopic (exact) mass is 284 g/mol. The summed E-state index contributed by atoms with van der Waals surface area (Å²) in [6.07, 6.45) is 0.968. The first-order valence-electron chi connectivity index (χ1n) is 7.41. The Morgan fingerprint density at radius 3 is 2.45 bits per heavy atom. The van der Waals surface area contributed by atoms with Crippen LogP contribution in [0.4, 0.5) is 0 Å². The third-order valence-corrected chi connectivity index (χ3v) is 3.80. The van der Waals surface area contributed by atoms with Crippen molar-refractivity contribution in [3.63, 3.8) is 0 Å². The number of rotatable bonds is 4. The largest absolute Gasteiger partial charge is 0.391 e. The van der Waals surface area contributed by atoms with E-state index < -0.39 is 6.10 Å². The number of aliphatic hydroxyl groups excluding tert-OH is 1. The molecule has 5 nitrogen and oxygen atoms in total. The maximum atomic E-state index is 12.2. The predicted molar refractivity (Wildman–Crippen MR) is 78.0 cm³/mol. The molecule has 1 saturated heterocycles. The molecule has 20 heavy (non-hydrogen) atoms. The number of nitrogens with zero attached hydrogens (tertiary/aromatic N) is 1. The smallest absolute Gasteiger partial charge is 0.242 e. The highest BCUT2D eigenvalue weighted by atomic mass is 16.3. The van der Waals surface area contributed by atoms with Gasteiger partial charge in [-0.25, -0.2) is 0 Å². The molecule has 1 heterocycles. The molecule has 2 atom stereocenters. The quantitative estimate of drug-likeness (QED) is 0.814. The van der Waals surface area contributed by atoms with Gasteiger partial charge in [0.2, 0.25) is 11.8 Å². The average Bonchev–Trinajstić information content (AvgIpc) is 2.82. The first-order chi connectivity index (χ1) is 9.14. The van der Waals surface area contributed by atoms with Crippen molar-refractivity contribution in [3.8, 4) is 0 Å². The zero-order valence-electron chi connectivity index (χ0n) is 13.3. The molecule has 1 aliphatic rings. The molecule has 0 saturated carbocycles. The van der Waals surface area contributed by atoms with Crippen LogP contribution < -0.4 is 5.32 Å². The standard InChI is InChI=1S/C15H28N2O3/c1-10(2)14(20)17-8-6-7-11(17)13(19)16-9-12(18)15(3,4)5/h10-12,18H,6-9H2,1-5H3,(H,16,19). The van der Waals surface area contributed by atoms with Crippen LogP contribution in [0.2, 0.25) is 0 Å². The second-order valence-electron chi connectivity index (χ2n) is 6.97. The van der Waals surface area contributed by atoms with Crippen LogP contribution in [0.15, 0.2) is 0 Å². The lowest BCUT2D eigenvalue weighted by Crippen LogP contribution is -2.49. The fourth-order valence-electron chi connectivity index (χ4n) is 2.26. The fourth-order valence-corrected chi connectivity index (χ4v) is 2.26. The Labute approximate surface area is 121 Å². The van der Waals surface area contributed by atoms with E-state index in [1.54, 1.807) is 4.90 Å². The Hall–Kier alpha value is -1.10. The highest BCUT2D eigenvalue weighted by Gasteiger charge is 2.35. The van der Waals surface area contributed by atoms with Gasteiger partial charge in [-0.2, -0.15) is 0 Å². The van der Waals surface area contributed by atoms with Gasteiger partial charge in [-0.1, -0.05) is 34.6 Å². The molecule has 0 aromatic rings. The fraction of sp³-hybridized carbons (Fsp3) is 0.867. The molecule has 116 valence electrons. The van der Waals surface area contributed by atoms with Gasteiger partial charge in [0.1, 0.15) is 6.04 Å². The minimum atomic E-state index is -0.595. The SMILES string of the molecule is CC(C)C(=O)N1CCCC1C(=O)NCC(O)C(C)(C)C. The molecule has 1 aliphatic heterocycles. The van der Waals surface area contributed by atoms with Crippen molar-refractivity contribution in [2.45, 2.75) is 59.6 Å². The molecule has 0 aromatic heterocycles. The van der Waals surface area contributed by atoms with Gasteiger partial charge in [0.05, 0.1) is 6.10 Å². The van der Waals surface area contributed by atoms with Crippen molar-refractivity contribution in [3.05, 3.63) is 0 Å². The molecule has 0 spiro atoms. The molecule has 1 fully saturated rings. The van der Waals surface area contributed by atoms with E-state index in [2.05, 4.69) is 5.32 Å². The molecular weight excluding hydrogens is 256 g/mol. The Bertz CT molecular complexity index is 361. The summed E-state index contributed by atoms with van der Waals surface area (Å²) in [5.74, 6) is -0.220. The van der Waals surface area contributed by atoms with Gasteiger partial charge >= 0.3 is 0 Å². The molecule has 2 amide bonds. The zero-order valence-corrected chi connectivity index (χ0v) is 13.3. The zero-order chi connectivity index (χ0) is 15.5. The Balaban J connectivity index is 2.56. The van der Waals surface area contributed by atoms with E-state index in [4.69, 9.17) is 0 Å². The third kappa shape index (κ3) is 4.20. The van der Waals surface area contributed by atoms with Gasteiger partial charge in [0.25, 0.3) is 0 Å². The van der Waals surface area contributed by atoms with E-state index in [-0.39, 0.29) is 35.7 Å². The van der Waals surface area contributed by atoms with Crippen LogP contribution in [0, 0.1) is 11.3 Å². The summed E-state index contributed by atoms with van der Waals surface area (Å²) >= 11 is 0. The summed E-state index contributed by atoms with van der Waals surface area (Å²) in [5.41, 5.74) is -0.267. The minimum absolute atomic E-state index is 0.0269. The average molecular weight is 284 g/mol. The van der Waals surface area contributed by atoms with Gasteiger partial charge in [0, 0.05) is 19.0 Å². The molecule has 1 rings (SSSR count). The summed E-state index contributed by atoms with van der Waals surface area (Å²) < 4.78 is 0. The lowest BCUT2D eigenvalue weighted by atomic mass is 9.89. The van der Waals surface area contributed by atoms with Crippen LogP contribution in [-0.2, 0) is 9.59 Å². The first-order valence-corrected chi connectivity index (χ1v) is 7.41. The van der Waals surface area contributed by atoms with Crippen molar-refractivity contribution >= 4 is 11.8 Å². The Morgan fingerprint density at radius 2 is 1.95 bits per heavy atom. The number of hydrogen-bond acceptors (Lipinski definition) is 3. The minimum Gasteiger partial charge on any atom is -0.391 e. The van der Waals surface area contributed by atoms with Crippen molar-refractivity contribution in [2.75, 3.05) is 13.1 Å². The molecule has 0 aliphatic carbocycles. The van der Waals surface area contributed by atoms with Crippen LogP contribution in [0.1, 0.15) is 47.5 Å². The maximum Gasteiger partial charge on any atom is 0.242 e. The number of likely N-dealkylation sites (tertiary alicyclic amines) is 1. The van der Waals surface area contributed by atoms with E-state index in [0.717, 1.165) is 6.42 Å². The van der Waals surface area contributed by atoms with Gasteiger partial charge in [-0.3, -0.25) is 9.59 Å². The van der Waals surface area contributed by atoms with Gasteiger partial charge in [-0.05, 0) is 18.3 Å². The number of aliphatic hydroxyl groups is 1. The third-order valence-electron chi connectivity index (χ3n) is 3.80. The van der Waals surface area contributed by atoms with Crippen LogP contribution in [0.5, 0.6) is 0 Å². The second-order valence-corrected chi connectivity index (χ2v) is 6.97. The molecule has 0 radical (unpaired) electrons. The predicted octanol–water partition coefficient (Wildman–Crippen LogP) is 1.16. The summed E-state index contributed by atoms with van der Waals surface area (Å²) in [6.45, 7) is 10.3. The summed E-state index contributed by atoms with van der Waals surface area (Å²) in [4.78, 5) is 25.9. The molecule has 0 aromatic carbocycles. The van der Waals surface area contributed by atoms with Crippen molar-refractivity contribution in [1.29, 1.82) is 0 Å². The number of carbonyl (C=O) groups is 2. The van der Waals surface area contributed by atoms with E-state index in [1.165, 1.54) is 0 Å². The molecule has 2 unspecified atom stereocenters. The summed E-state index contributed by atoms with van der Waals surface area (Å²) in [6, 6.07) is -0.378. The van der Waals surface area contributed by atoms with Crippen LogP contribution in [0.25, 0.3) is 0 Å². The topological polar surface area (TPSA) is 69.6 Å². The second kappa shape index (κ2) is 6.57. The van der Waals surface area contributed by atoms with Crippen LogP contribution in [-0.4, -0.2) is 47.1 Å². The molecule has 2 N–H and O–H groups in total. The van der Waals surface area contributed by atoms with Crippen molar-refractivity contribution in [1.82, 2.24) is 10.2 Å². The lowest BCUT2D eigenvalue weighted by molar-refractivity contribution is -0.141. The van der Waals surface area contributed by atoms with Gasteiger partial charge < -0.3 is 15.3 Å². The van der Waals surface area contributed by atoms with Crippen molar-refractivity contribution < 1.29 is 14.7 Å². The highest BCUT2D eigenvalue weighted by Crippen LogP contribution is 2.21. The van der Waals surface area contributed by atoms with E-state index >= 15 is 0 Å². The van der Waals surface area contributed by atoms with Gasteiger partial charge in [-0.15, -0.1) is 0 Å². The van der Waals surface area contributed by atoms with Gasteiger partial charge in [0.15, 0.2) is 0 Å². The normalized spacial score (nSPS) is 21.1. The van der Waals surface area contributed by atoms with Crippen molar-refractivity contribution in [2.24, 2.45) is 11.3 Å². The number of amides is 2. The maximum absolute atomic E-state index is 12.2. The van der Waals surface area contributed by atoms with Crippen LogP contribution in [0.3, 0.4) is 0 Å². The lowest BCUT2D eigenvalue weighted by Gasteiger charge is -2.28. The highest BCUT2D eigenvalue weighted by molar-refractivity contribution is 5.88. The number of nitrogens with one attached hydrogen (secondary N) is 1. The van der Waals surface area contributed by atoms with E-state index in [9.17, 15) is 14.7 Å². The Morgan fingerprint density at radius 1 is 1.35 bits per heavy atom. The van der Waals surface area contributed by atoms with Crippen LogP contribution >= 0.6 is 0 Å². The summed E-state index contributed by atoms with van der Waals surface area (Å²) in [5, 5.41) is 12.7. The molecular formula is C15H28N2O3. The Kier molecular flexibility index (Phi) is 5.57. The number of carbonyl (C=O) groups excluding carboxylic acids is 2. The molecule has 0 bridgehead atoms. The molecule has 5 heteroatoms. The summed E-state index contributed by atoms with van der Waals surface area (Å²) in [7, 11) is 0. The van der Waals surface area contributed by atoms with E-state index in [1.807, 2.05) is 34.6 Å². The number of hydrogen-bond donors (Lipinski definition) is 2. The van der Waals surface area contributed by atoms with E-state index in [0.29, 0.717) is 13.0 Å².